The third-order valence-electron chi connectivity index (χ3n) is 8.70. The van der Waals surface area contributed by atoms with Crippen molar-refractivity contribution in [2.75, 3.05) is 7.11 Å². The molecule has 3 saturated carbocycles. The number of unbranched alkanes of at least 4 members (excludes halogenated alkanes) is 2. The molecule has 4 rings (SSSR count). The van der Waals surface area contributed by atoms with Crippen LogP contribution in [0.4, 0.5) is 13.2 Å². The molecule has 7 heteroatoms. The van der Waals surface area contributed by atoms with Crippen LogP contribution in [0.25, 0.3) is 0 Å². The number of Topliss-reactive ketones (excluding diaryl/α,β-unsaturated/α-hetero) is 1. The second-order valence-corrected chi connectivity index (χ2v) is 12.4. The first-order chi connectivity index (χ1) is 19.3. The summed E-state index contributed by atoms with van der Waals surface area (Å²) in [5.41, 5.74) is -0.552. The summed E-state index contributed by atoms with van der Waals surface area (Å²) < 4.78 is 41.0. The zero-order chi connectivity index (χ0) is 31.1. The monoisotopic (exact) mass is 615 g/mol. The van der Waals surface area contributed by atoms with Gasteiger partial charge in [0.05, 0.1) is 6.10 Å². The minimum absolute atomic E-state index is 0. The van der Waals surface area contributed by atoms with Crippen molar-refractivity contribution < 1.29 is 74.1 Å². The molecule has 234 valence electrons. The van der Waals surface area contributed by atoms with E-state index >= 15 is 0 Å². The van der Waals surface area contributed by atoms with Crippen LogP contribution in [-0.4, -0.2) is 19.0 Å². The molecule has 0 radical (unpaired) electrons. The maximum Gasteiger partial charge on any atom is 1.00 e. The molecule has 3 aliphatic rings. The topological polar surface area (TPSA) is 50.1 Å². The Morgan fingerprint density at radius 1 is 1.24 bits per heavy atom. The third kappa shape index (κ3) is 14.7. The SMILES string of the molecule is CC(=O)C12CCCC1CC(C)C2.COC1CCCCC1C.N#Cc1c[c-]c(C(F)(F)F)cc1.[CH2-]C(C)C[CH-]CCC.[K+]. The Bertz CT molecular complexity index is 912. The number of ketones is 1. The smallest absolute Gasteiger partial charge is 0.381 e. The fraction of sp³-hybridized carbons (Fsp3) is 0.714. The molecule has 3 nitrogen and oxygen atoms in total. The van der Waals surface area contributed by atoms with Crippen LogP contribution in [-0.2, 0) is 15.7 Å². The van der Waals surface area contributed by atoms with Crippen LogP contribution in [0.5, 0.6) is 0 Å². The van der Waals surface area contributed by atoms with Crippen LogP contribution in [0.2, 0.25) is 0 Å². The molecule has 0 aliphatic heterocycles. The minimum atomic E-state index is -4.38. The van der Waals surface area contributed by atoms with Gasteiger partial charge in [-0.2, -0.15) is 49.8 Å². The number of hydrogen-bond acceptors (Lipinski definition) is 3. The zero-order valence-corrected chi connectivity index (χ0v) is 30.4. The summed E-state index contributed by atoms with van der Waals surface area (Å²) in [6.07, 6.45) is 13.8. The quantitative estimate of drug-likeness (QED) is 0.193. The van der Waals surface area contributed by atoms with E-state index < -0.39 is 11.7 Å². The maximum atomic E-state index is 11.9. The largest absolute Gasteiger partial charge is 1.00 e. The predicted octanol–water partition coefficient (Wildman–Crippen LogP) is 7.24. The molecule has 0 amide bonds. The molecule has 3 fully saturated rings. The van der Waals surface area contributed by atoms with Gasteiger partial charge in [-0.1, -0.05) is 64.5 Å². The van der Waals surface area contributed by atoms with Crippen molar-refractivity contribution in [2.45, 2.75) is 124 Å². The van der Waals surface area contributed by atoms with Crippen LogP contribution in [0, 0.1) is 59.8 Å². The van der Waals surface area contributed by atoms with Crippen molar-refractivity contribution in [1.82, 2.24) is 0 Å². The van der Waals surface area contributed by atoms with Crippen molar-refractivity contribution >= 4 is 5.78 Å². The van der Waals surface area contributed by atoms with Crippen molar-refractivity contribution in [3.63, 3.8) is 0 Å². The van der Waals surface area contributed by atoms with E-state index in [-0.39, 0.29) is 62.4 Å². The van der Waals surface area contributed by atoms with Gasteiger partial charge in [0.15, 0.2) is 0 Å². The van der Waals surface area contributed by atoms with Gasteiger partial charge in [-0.3, -0.25) is 4.79 Å². The number of halogens is 3. The molecule has 0 bridgehead atoms. The van der Waals surface area contributed by atoms with E-state index in [2.05, 4.69) is 41.0 Å². The van der Waals surface area contributed by atoms with Gasteiger partial charge in [-0.15, -0.1) is 0 Å². The molecule has 0 N–H and O–H groups in total. The van der Waals surface area contributed by atoms with E-state index in [1.807, 2.05) is 13.2 Å². The molecule has 0 saturated heterocycles. The summed E-state index contributed by atoms with van der Waals surface area (Å²) >= 11 is 0. The molecule has 6 atom stereocenters. The maximum absolute atomic E-state index is 11.9. The Hall–Kier alpha value is -0.234. The van der Waals surface area contributed by atoms with Gasteiger partial charge in [-0.25, -0.2) is 11.7 Å². The summed E-state index contributed by atoms with van der Waals surface area (Å²) in [5, 5.41) is 8.28. The van der Waals surface area contributed by atoms with Crippen LogP contribution in [0.3, 0.4) is 0 Å². The number of alkyl halides is 3. The number of carbonyl (C=O) groups excluding carboxylic acids is 1. The summed E-state index contributed by atoms with van der Waals surface area (Å²) in [7, 11) is 1.83. The molecule has 6 unspecified atom stereocenters. The Morgan fingerprint density at radius 3 is 2.33 bits per heavy atom. The van der Waals surface area contributed by atoms with Gasteiger partial charge in [-0.05, 0) is 63.2 Å². The third-order valence-corrected chi connectivity index (χ3v) is 8.70. The van der Waals surface area contributed by atoms with Crippen LogP contribution < -0.4 is 51.4 Å². The van der Waals surface area contributed by atoms with Gasteiger partial charge in [0.25, 0.3) is 0 Å². The first-order valence-electron chi connectivity index (χ1n) is 15.5. The fourth-order valence-electron chi connectivity index (χ4n) is 6.46. The number of rotatable bonds is 6. The average Bonchev–Trinajstić information content (AvgIpc) is 3.47. The molecule has 0 spiro atoms. The van der Waals surface area contributed by atoms with E-state index in [0.29, 0.717) is 17.8 Å². The number of nitriles is 1. The van der Waals surface area contributed by atoms with E-state index in [4.69, 9.17) is 10.00 Å². The molecular formula is C35H53F3KNO2-2. The number of nitrogens with zero attached hydrogens (tertiary/aromatic N) is 1. The summed E-state index contributed by atoms with van der Waals surface area (Å²) in [4.78, 5) is 11.6. The number of ether oxygens (including phenoxy) is 1. The van der Waals surface area contributed by atoms with Crippen molar-refractivity contribution in [3.05, 3.63) is 48.7 Å². The average molecular weight is 616 g/mol. The number of benzene rings is 1. The van der Waals surface area contributed by atoms with E-state index in [1.165, 1.54) is 77.0 Å². The van der Waals surface area contributed by atoms with Crippen molar-refractivity contribution in [1.29, 1.82) is 5.26 Å². The van der Waals surface area contributed by atoms with E-state index in [0.717, 1.165) is 36.0 Å². The number of hydrogen-bond donors (Lipinski definition) is 0. The van der Waals surface area contributed by atoms with Crippen molar-refractivity contribution in [3.8, 4) is 6.07 Å². The predicted molar refractivity (Wildman–Crippen MR) is 161 cm³/mol. The van der Waals surface area contributed by atoms with Crippen LogP contribution in [0.1, 0.15) is 123 Å². The standard InChI is InChI=1S/C11H18O.C8H3F3N.C8H16O.C8H16.K/c1-8-6-10-4-3-5-11(10,7-8)9(2)12;9-8(10,11)7-3-1-6(5-12)2-4-7;1-7-5-3-4-6-8(7)9-2;1-4-5-6-7-8(2)3;/h8,10H,3-7H2,1-2H3;1-3H;7-8H,3-6H2,1-2H3;6,8H,2,4-5,7H2,1,3H3;/q;-1;;-2;+1. The summed E-state index contributed by atoms with van der Waals surface area (Å²) in [6.45, 7) is 14.6. The molecule has 1 aromatic carbocycles. The number of fused-ring (bicyclic) bond motifs is 1. The first kappa shape index (κ1) is 41.8. The normalized spacial score (nSPS) is 26.8. The first-order valence-corrected chi connectivity index (χ1v) is 15.5. The van der Waals surface area contributed by atoms with Crippen LogP contribution >= 0.6 is 0 Å². The van der Waals surface area contributed by atoms with Gasteiger partial charge in [0.1, 0.15) is 5.78 Å². The van der Waals surface area contributed by atoms with Gasteiger partial charge >= 0.3 is 57.6 Å². The van der Waals surface area contributed by atoms with E-state index in [1.54, 1.807) is 13.0 Å². The molecule has 0 aromatic heterocycles. The minimum Gasteiger partial charge on any atom is -0.381 e. The zero-order valence-electron chi connectivity index (χ0n) is 27.3. The molecule has 3 aliphatic carbocycles. The summed E-state index contributed by atoms with van der Waals surface area (Å²) in [5.74, 6) is 3.39. The Kier molecular flexibility index (Phi) is 21.4. The van der Waals surface area contributed by atoms with Gasteiger partial charge < -0.3 is 18.1 Å². The Balaban J connectivity index is 0.000000538. The van der Waals surface area contributed by atoms with E-state index in [9.17, 15) is 18.0 Å². The molecule has 42 heavy (non-hydrogen) atoms. The van der Waals surface area contributed by atoms with Crippen LogP contribution in [0.15, 0.2) is 18.2 Å². The second-order valence-electron chi connectivity index (χ2n) is 12.4. The summed E-state index contributed by atoms with van der Waals surface area (Å²) in [6, 6.07) is 6.65. The Labute approximate surface area is 297 Å². The molecular weight excluding hydrogens is 562 g/mol. The fourth-order valence-corrected chi connectivity index (χ4v) is 6.46. The van der Waals surface area contributed by atoms with Gasteiger partial charge in [0, 0.05) is 18.6 Å². The number of carbonyl (C=O) groups is 1. The second kappa shape index (κ2) is 21.5. The van der Waals surface area contributed by atoms with Gasteiger partial charge in [0.2, 0.25) is 0 Å². The van der Waals surface area contributed by atoms with Crippen molar-refractivity contribution in [2.24, 2.45) is 29.1 Å². The molecule has 0 heterocycles. The Morgan fingerprint density at radius 2 is 1.90 bits per heavy atom. The number of methoxy groups -OCH3 is 1. The molecule has 1 aromatic rings.